The van der Waals surface area contributed by atoms with Crippen molar-refractivity contribution in [3.8, 4) is 0 Å². The van der Waals surface area contributed by atoms with Gasteiger partial charge in [-0.15, -0.1) is 0 Å². The molecule has 25 heavy (non-hydrogen) atoms. The summed E-state index contributed by atoms with van der Waals surface area (Å²) in [5, 5.41) is 9.33. The van der Waals surface area contributed by atoms with Crippen molar-refractivity contribution in [1.29, 1.82) is 0 Å². The molecule has 0 aromatic heterocycles. The SMILES string of the molecule is CCN1C(=O)CC[C@@H](C(=O)N(CCO)C(C)C)[C@@H]1c1ccc(C)cc1. The number of likely N-dealkylation sites (tertiary alicyclic amines) is 1. The van der Waals surface area contributed by atoms with E-state index in [-0.39, 0.29) is 36.4 Å². The molecule has 0 saturated carbocycles. The summed E-state index contributed by atoms with van der Waals surface area (Å²) in [5.74, 6) is -0.134. The van der Waals surface area contributed by atoms with Crippen LogP contribution in [-0.2, 0) is 9.59 Å². The topological polar surface area (TPSA) is 60.9 Å². The minimum absolute atomic E-state index is 0.0195. The fourth-order valence-corrected chi connectivity index (χ4v) is 3.70. The number of hydrogen-bond acceptors (Lipinski definition) is 3. The lowest BCUT2D eigenvalue weighted by Crippen LogP contribution is -2.51. The summed E-state index contributed by atoms with van der Waals surface area (Å²) in [4.78, 5) is 29.2. The normalized spacial score (nSPS) is 20.9. The van der Waals surface area contributed by atoms with Crippen molar-refractivity contribution < 1.29 is 14.7 Å². The molecule has 1 N–H and O–H groups in total. The maximum atomic E-state index is 13.2. The monoisotopic (exact) mass is 346 g/mol. The van der Waals surface area contributed by atoms with Gasteiger partial charge in [0.2, 0.25) is 11.8 Å². The predicted octanol–water partition coefficient (Wildman–Crippen LogP) is 2.52. The van der Waals surface area contributed by atoms with E-state index in [4.69, 9.17) is 0 Å². The Kier molecular flexibility index (Phi) is 6.59. The number of piperidine rings is 1. The maximum Gasteiger partial charge on any atom is 0.228 e. The quantitative estimate of drug-likeness (QED) is 0.861. The second-order valence-electron chi connectivity index (χ2n) is 7.03. The third-order valence-corrected chi connectivity index (χ3v) is 5.03. The van der Waals surface area contributed by atoms with Crippen LogP contribution in [0.2, 0.25) is 0 Å². The summed E-state index contributed by atoms with van der Waals surface area (Å²) in [5.41, 5.74) is 2.16. The second kappa shape index (κ2) is 8.48. The van der Waals surface area contributed by atoms with Gasteiger partial charge in [0.1, 0.15) is 0 Å². The van der Waals surface area contributed by atoms with Gasteiger partial charge in [0, 0.05) is 25.6 Å². The highest BCUT2D eigenvalue weighted by Gasteiger charge is 2.41. The molecule has 138 valence electrons. The molecule has 1 saturated heterocycles. The van der Waals surface area contributed by atoms with Crippen molar-refractivity contribution >= 4 is 11.8 Å². The van der Waals surface area contributed by atoms with E-state index in [0.29, 0.717) is 25.9 Å². The zero-order valence-electron chi connectivity index (χ0n) is 15.7. The second-order valence-corrected chi connectivity index (χ2v) is 7.03. The molecule has 2 rings (SSSR count). The molecule has 0 spiro atoms. The van der Waals surface area contributed by atoms with Gasteiger partial charge < -0.3 is 14.9 Å². The molecular weight excluding hydrogens is 316 g/mol. The molecule has 5 nitrogen and oxygen atoms in total. The molecule has 1 aromatic rings. The molecule has 0 aliphatic carbocycles. The Morgan fingerprint density at radius 2 is 1.96 bits per heavy atom. The summed E-state index contributed by atoms with van der Waals surface area (Å²) in [7, 11) is 0. The third kappa shape index (κ3) is 4.21. The van der Waals surface area contributed by atoms with Crippen molar-refractivity contribution in [2.24, 2.45) is 5.92 Å². The Morgan fingerprint density at radius 3 is 2.48 bits per heavy atom. The minimum atomic E-state index is -0.269. The fraction of sp³-hybridized carbons (Fsp3) is 0.600. The van der Waals surface area contributed by atoms with Gasteiger partial charge in [0.05, 0.1) is 18.6 Å². The van der Waals surface area contributed by atoms with E-state index in [1.165, 1.54) is 0 Å². The number of rotatable bonds is 6. The standard InChI is InChI=1S/C20H30N2O3/c1-5-21-18(24)11-10-17(20(25)22(12-13-23)14(2)3)19(21)16-8-6-15(4)7-9-16/h6-9,14,17,19,23H,5,10-13H2,1-4H3/t17-,19+/m1/s1. The van der Waals surface area contributed by atoms with Gasteiger partial charge in [-0.3, -0.25) is 9.59 Å². The Hall–Kier alpha value is -1.88. The van der Waals surface area contributed by atoms with Gasteiger partial charge in [-0.25, -0.2) is 0 Å². The molecule has 2 atom stereocenters. The van der Waals surface area contributed by atoms with Crippen LogP contribution in [0.25, 0.3) is 0 Å². The Morgan fingerprint density at radius 1 is 1.32 bits per heavy atom. The first kappa shape index (κ1) is 19.4. The maximum absolute atomic E-state index is 13.2. The van der Waals surface area contributed by atoms with Gasteiger partial charge >= 0.3 is 0 Å². The van der Waals surface area contributed by atoms with Crippen LogP contribution in [0.3, 0.4) is 0 Å². The molecule has 0 unspecified atom stereocenters. The number of benzene rings is 1. The van der Waals surface area contributed by atoms with Crippen molar-refractivity contribution in [3.05, 3.63) is 35.4 Å². The first-order chi connectivity index (χ1) is 11.9. The summed E-state index contributed by atoms with van der Waals surface area (Å²) in [6.07, 6.45) is 0.957. The number of aryl methyl sites for hydroxylation is 1. The largest absolute Gasteiger partial charge is 0.395 e. The number of hydrogen-bond donors (Lipinski definition) is 1. The highest BCUT2D eigenvalue weighted by molar-refractivity contribution is 5.85. The summed E-state index contributed by atoms with van der Waals surface area (Å²) < 4.78 is 0. The van der Waals surface area contributed by atoms with Crippen LogP contribution in [0.15, 0.2) is 24.3 Å². The molecule has 1 aliphatic heterocycles. The number of amides is 2. The van der Waals surface area contributed by atoms with Crippen molar-refractivity contribution in [2.45, 2.75) is 52.6 Å². The van der Waals surface area contributed by atoms with Crippen molar-refractivity contribution in [2.75, 3.05) is 19.7 Å². The molecule has 2 amide bonds. The Balaban J connectivity index is 2.40. The lowest BCUT2D eigenvalue weighted by atomic mass is 9.82. The molecule has 1 aromatic carbocycles. The summed E-state index contributed by atoms with van der Waals surface area (Å²) in [6, 6.07) is 7.88. The lowest BCUT2D eigenvalue weighted by Gasteiger charge is -2.42. The van der Waals surface area contributed by atoms with Gasteiger partial charge in [-0.1, -0.05) is 29.8 Å². The first-order valence-corrected chi connectivity index (χ1v) is 9.18. The number of aliphatic hydroxyl groups excluding tert-OH is 1. The van der Waals surface area contributed by atoms with E-state index in [1.807, 2.05) is 56.9 Å². The van der Waals surface area contributed by atoms with Crippen LogP contribution in [0.4, 0.5) is 0 Å². The van der Waals surface area contributed by atoms with E-state index in [1.54, 1.807) is 4.90 Å². The molecule has 5 heteroatoms. The zero-order valence-corrected chi connectivity index (χ0v) is 15.7. The van der Waals surface area contributed by atoms with Crippen LogP contribution >= 0.6 is 0 Å². The van der Waals surface area contributed by atoms with Crippen LogP contribution in [0, 0.1) is 12.8 Å². The predicted molar refractivity (Wildman–Crippen MR) is 98.0 cm³/mol. The van der Waals surface area contributed by atoms with Crippen molar-refractivity contribution in [1.82, 2.24) is 9.80 Å². The lowest BCUT2D eigenvalue weighted by molar-refractivity contribution is -0.149. The van der Waals surface area contributed by atoms with E-state index < -0.39 is 0 Å². The Bertz CT molecular complexity index is 597. The fourth-order valence-electron chi connectivity index (χ4n) is 3.70. The molecule has 0 bridgehead atoms. The summed E-state index contributed by atoms with van der Waals surface area (Å²) >= 11 is 0. The minimum Gasteiger partial charge on any atom is -0.395 e. The van der Waals surface area contributed by atoms with E-state index in [9.17, 15) is 14.7 Å². The highest BCUT2D eigenvalue weighted by Crippen LogP contribution is 2.38. The zero-order chi connectivity index (χ0) is 18.6. The summed E-state index contributed by atoms with van der Waals surface area (Å²) in [6.45, 7) is 8.76. The third-order valence-electron chi connectivity index (χ3n) is 5.03. The highest BCUT2D eigenvalue weighted by atomic mass is 16.3. The van der Waals surface area contributed by atoms with E-state index in [2.05, 4.69) is 0 Å². The number of aliphatic hydroxyl groups is 1. The van der Waals surface area contributed by atoms with Crippen LogP contribution in [0.5, 0.6) is 0 Å². The smallest absolute Gasteiger partial charge is 0.228 e. The van der Waals surface area contributed by atoms with E-state index in [0.717, 1.165) is 11.1 Å². The van der Waals surface area contributed by atoms with Gasteiger partial charge in [0.25, 0.3) is 0 Å². The van der Waals surface area contributed by atoms with Gasteiger partial charge in [-0.05, 0) is 39.7 Å². The van der Waals surface area contributed by atoms with Crippen LogP contribution in [-0.4, -0.2) is 52.5 Å². The molecule has 0 radical (unpaired) electrons. The number of carbonyl (C=O) groups excluding carboxylic acids is 2. The van der Waals surface area contributed by atoms with Crippen molar-refractivity contribution in [3.63, 3.8) is 0 Å². The average Bonchev–Trinajstić information content (AvgIpc) is 2.59. The molecule has 1 heterocycles. The average molecular weight is 346 g/mol. The molecule has 1 fully saturated rings. The number of nitrogens with zero attached hydrogens (tertiary/aromatic N) is 2. The Labute approximate surface area is 150 Å². The van der Waals surface area contributed by atoms with Crippen LogP contribution in [0.1, 0.15) is 50.8 Å². The first-order valence-electron chi connectivity index (χ1n) is 9.18. The van der Waals surface area contributed by atoms with Gasteiger partial charge in [-0.2, -0.15) is 0 Å². The molecular formula is C20H30N2O3. The molecule has 1 aliphatic rings. The van der Waals surface area contributed by atoms with E-state index >= 15 is 0 Å². The van der Waals surface area contributed by atoms with Crippen LogP contribution < -0.4 is 0 Å². The number of carbonyl (C=O) groups is 2. The van der Waals surface area contributed by atoms with Gasteiger partial charge in [0.15, 0.2) is 0 Å².